The second-order valence-electron chi connectivity index (χ2n) is 3.16. The van der Waals surface area contributed by atoms with Gasteiger partial charge in [-0.15, -0.1) is 0 Å². The Kier molecular flexibility index (Phi) is 3.80. The molecule has 0 saturated heterocycles. The molecule has 0 bridgehead atoms. The molecule has 1 atom stereocenters. The van der Waals surface area contributed by atoms with Gasteiger partial charge < -0.3 is 14.9 Å². The smallest absolute Gasteiger partial charge is 0.337 e. The van der Waals surface area contributed by atoms with Crippen LogP contribution in [0, 0.1) is 11.3 Å². The number of benzene rings is 1. The van der Waals surface area contributed by atoms with Crippen LogP contribution < -0.4 is 4.74 Å². The van der Waals surface area contributed by atoms with E-state index in [1.807, 2.05) is 0 Å². The van der Waals surface area contributed by atoms with Crippen molar-refractivity contribution < 1.29 is 24.5 Å². The first kappa shape index (κ1) is 12.7. The number of nitriles is 1. The van der Waals surface area contributed by atoms with Crippen LogP contribution in [0.5, 0.6) is 5.75 Å². The number of carbonyl (C=O) groups is 2. The summed E-state index contributed by atoms with van der Waals surface area (Å²) in [6.07, 6.45) is -1.39. The maximum absolute atomic E-state index is 10.7. The largest absolute Gasteiger partial charge is 0.495 e. The van der Waals surface area contributed by atoms with E-state index in [0.717, 1.165) is 0 Å². The minimum absolute atomic E-state index is 0.00704. The standard InChI is InChI=1S/C11H9NO5/c1-17-10-7(4-12)2-6(5-13)3-8(10)9(14)11(15)16/h2-3,5,9,14H,1H3,(H,15,16). The highest BCUT2D eigenvalue weighted by Crippen LogP contribution is 2.30. The van der Waals surface area contributed by atoms with Crippen LogP contribution in [0.3, 0.4) is 0 Å². The van der Waals surface area contributed by atoms with Gasteiger partial charge in [-0.05, 0) is 12.1 Å². The molecule has 0 heterocycles. The van der Waals surface area contributed by atoms with Gasteiger partial charge in [-0.2, -0.15) is 5.26 Å². The SMILES string of the molecule is COc1c(C#N)cc(C=O)cc1C(O)C(=O)O. The summed E-state index contributed by atoms with van der Waals surface area (Å²) in [5.74, 6) is -1.54. The number of methoxy groups -OCH3 is 1. The number of hydrogen-bond acceptors (Lipinski definition) is 5. The Morgan fingerprint density at radius 2 is 2.24 bits per heavy atom. The predicted molar refractivity (Wildman–Crippen MR) is 55.7 cm³/mol. The molecular formula is C11H9NO5. The van der Waals surface area contributed by atoms with E-state index in [0.29, 0.717) is 6.29 Å². The molecule has 0 aliphatic heterocycles. The predicted octanol–water partition coefficient (Wildman–Crippen LogP) is 0.497. The first-order chi connectivity index (χ1) is 8.04. The molecule has 2 N–H and O–H groups in total. The van der Waals surface area contributed by atoms with Gasteiger partial charge in [-0.3, -0.25) is 4.79 Å². The second kappa shape index (κ2) is 5.09. The third-order valence-electron chi connectivity index (χ3n) is 2.13. The molecule has 88 valence electrons. The van der Waals surface area contributed by atoms with E-state index in [2.05, 4.69) is 0 Å². The fourth-order valence-corrected chi connectivity index (χ4v) is 1.39. The number of aliphatic carboxylic acids is 1. The van der Waals surface area contributed by atoms with Crippen LogP contribution in [0.4, 0.5) is 0 Å². The molecule has 17 heavy (non-hydrogen) atoms. The first-order valence-electron chi connectivity index (χ1n) is 4.53. The van der Waals surface area contributed by atoms with Gasteiger partial charge in [-0.1, -0.05) is 0 Å². The summed E-state index contributed by atoms with van der Waals surface area (Å²) in [5, 5.41) is 27.0. The van der Waals surface area contributed by atoms with Crippen LogP contribution in [-0.4, -0.2) is 29.6 Å². The van der Waals surface area contributed by atoms with E-state index in [1.54, 1.807) is 6.07 Å². The average molecular weight is 235 g/mol. The number of rotatable bonds is 4. The van der Waals surface area contributed by atoms with E-state index >= 15 is 0 Å². The van der Waals surface area contributed by atoms with Crippen LogP contribution in [0.2, 0.25) is 0 Å². The van der Waals surface area contributed by atoms with Gasteiger partial charge in [0.25, 0.3) is 0 Å². The third-order valence-corrected chi connectivity index (χ3v) is 2.13. The summed E-state index contributed by atoms with van der Waals surface area (Å²) >= 11 is 0. The van der Waals surface area contributed by atoms with Crippen molar-refractivity contribution >= 4 is 12.3 Å². The van der Waals surface area contributed by atoms with E-state index in [-0.39, 0.29) is 22.4 Å². The number of ether oxygens (including phenoxy) is 1. The molecule has 0 aromatic heterocycles. The number of nitrogens with zero attached hydrogens (tertiary/aromatic N) is 1. The zero-order chi connectivity index (χ0) is 13.0. The minimum Gasteiger partial charge on any atom is -0.495 e. The van der Waals surface area contributed by atoms with Gasteiger partial charge in [0.2, 0.25) is 0 Å². The molecule has 0 aliphatic carbocycles. The quantitative estimate of drug-likeness (QED) is 0.735. The van der Waals surface area contributed by atoms with Crippen LogP contribution in [0.1, 0.15) is 27.6 Å². The van der Waals surface area contributed by atoms with Crippen molar-refractivity contribution in [3.8, 4) is 11.8 Å². The Morgan fingerprint density at radius 3 is 2.65 bits per heavy atom. The lowest BCUT2D eigenvalue weighted by Gasteiger charge is -2.13. The van der Waals surface area contributed by atoms with Gasteiger partial charge in [0.1, 0.15) is 18.1 Å². The number of aldehydes is 1. The summed E-state index contributed by atoms with van der Waals surface area (Å²) in [4.78, 5) is 21.3. The monoisotopic (exact) mass is 235 g/mol. The topological polar surface area (TPSA) is 108 Å². The highest BCUT2D eigenvalue weighted by Gasteiger charge is 2.23. The lowest BCUT2D eigenvalue weighted by Crippen LogP contribution is -2.13. The lowest BCUT2D eigenvalue weighted by molar-refractivity contribution is -0.147. The van der Waals surface area contributed by atoms with Gasteiger partial charge in [0.15, 0.2) is 6.10 Å². The van der Waals surface area contributed by atoms with E-state index in [4.69, 9.17) is 15.1 Å². The van der Waals surface area contributed by atoms with E-state index in [9.17, 15) is 14.7 Å². The van der Waals surface area contributed by atoms with E-state index < -0.39 is 12.1 Å². The molecule has 1 aromatic rings. The number of aliphatic hydroxyl groups is 1. The van der Waals surface area contributed by atoms with Crippen molar-refractivity contribution in [2.75, 3.05) is 7.11 Å². The van der Waals surface area contributed by atoms with Crippen molar-refractivity contribution in [3.63, 3.8) is 0 Å². The molecule has 6 heteroatoms. The molecule has 0 aliphatic rings. The molecule has 0 saturated carbocycles. The zero-order valence-electron chi connectivity index (χ0n) is 8.88. The van der Waals surface area contributed by atoms with Crippen molar-refractivity contribution in [1.82, 2.24) is 0 Å². The highest BCUT2D eigenvalue weighted by molar-refractivity contribution is 5.81. The van der Waals surface area contributed by atoms with Gasteiger partial charge >= 0.3 is 5.97 Å². The molecular weight excluding hydrogens is 226 g/mol. The van der Waals surface area contributed by atoms with Crippen LogP contribution in [-0.2, 0) is 4.79 Å². The number of carboxylic acids is 1. The van der Waals surface area contributed by atoms with Crippen molar-refractivity contribution in [3.05, 3.63) is 28.8 Å². The highest BCUT2D eigenvalue weighted by atomic mass is 16.5. The van der Waals surface area contributed by atoms with Gasteiger partial charge in [-0.25, -0.2) is 4.79 Å². The Hall–Kier alpha value is -2.39. The number of hydrogen-bond donors (Lipinski definition) is 2. The zero-order valence-corrected chi connectivity index (χ0v) is 8.88. The van der Waals surface area contributed by atoms with Gasteiger partial charge in [0, 0.05) is 11.1 Å². The molecule has 0 amide bonds. The number of carbonyl (C=O) groups excluding carboxylic acids is 1. The first-order valence-corrected chi connectivity index (χ1v) is 4.53. The van der Waals surface area contributed by atoms with Crippen molar-refractivity contribution in [2.24, 2.45) is 0 Å². The maximum Gasteiger partial charge on any atom is 0.337 e. The lowest BCUT2D eigenvalue weighted by atomic mass is 10.0. The van der Waals surface area contributed by atoms with E-state index in [1.165, 1.54) is 19.2 Å². The number of carboxylic acid groups (broad SMARTS) is 1. The number of aliphatic hydroxyl groups excluding tert-OH is 1. The van der Waals surface area contributed by atoms with Crippen LogP contribution >= 0.6 is 0 Å². The Morgan fingerprint density at radius 1 is 1.59 bits per heavy atom. The summed E-state index contributed by atoms with van der Waals surface area (Å²) in [7, 11) is 1.24. The molecule has 1 aromatic carbocycles. The fraction of sp³-hybridized carbons (Fsp3) is 0.182. The molecule has 6 nitrogen and oxygen atoms in total. The third kappa shape index (κ3) is 2.41. The Bertz CT molecular complexity index is 503. The second-order valence-corrected chi connectivity index (χ2v) is 3.16. The maximum atomic E-state index is 10.7. The Balaban J connectivity index is 3.50. The molecule has 1 unspecified atom stereocenters. The fourth-order valence-electron chi connectivity index (χ4n) is 1.39. The van der Waals surface area contributed by atoms with Crippen molar-refractivity contribution in [1.29, 1.82) is 5.26 Å². The summed E-state index contributed by atoms with van der Waals surface area (Å²) in [6, 6.07) is 4.19. The summed E-state index contributed by atoms with van der Waals surface area (Å²) in [5.41, 5.74) is -0.0359. The molecule has 0 spiro atoms. The summed E-state index contributed by atoms with van der Waals surface area (Å²) in [6.45, 7) is 0. The minimum atomic E-state index is -1.85. The van der Waals surface area contributed by atoms with Crippen molar-refractivity contribution in [2.45, 2.75) is 6.10 Å². The average Bonchev–Trinajstić information content (AvgIpc) is 2.35. The molecule has 0 radical (unpaired) electrons. The van der Waals surface area contributed by atoms with Crippen LogP contribution in [0.25, 0.3) is 0 Å². The normalized spacial score (nSPS) is 11.4. The summed E-state index contributed by atoms with van der Waals surface area (Å²) < 4.78 is 4.88. The van der Waals surface area contributed by atoms with Crippen LogP contribution in [0.15, 0.2) is 12.1 Å². The Labute approximate surface area is 96.7 Å². The molecule has 0 fully saturated rings. The van der Waals surface area contributed by atoms with Gasteiger partial charge in [0.05, 0.1) is 12.7 Å². The molecule has 1 rings (SSSR count).